The van der Waals surface area contributed by atoms with Crippen molar-refractivity contribution in [3.05, 3.63) is 41.1 Å². The summed E-state index contributed by atoms with van der Waals surface area (Å²) in [7, 11) is 2.96. The Morgan fingerprint density at radius 3 is 2.37 bits per heavy atom. The van der Waals surface area contributed by atoms with E-state index < -0.39 is 12.0 Å². The van der Waals surface area contributed by atoms with E-state index in [1.54, 1.807) is 7.11 Å². The van der Waals surface area contributed by atoms with Crippen LogP contribution in [0.5, 0.6) is 5.75 Å². The minimum Gasteiger partial charge on any atom is -0.497 e. The van der Waals surface area contributed by atoms with Gasteiger partial charge in [0.15, 0.2) is 0 Å². The Labute approximate surface area is 159 Å². The minimum absolute atomic E-state index is 0.312. The van der Waals surface area contributed by atoms with E-state index in [-0.39, 0.29) is 6.03 Å². The zero-order chi connectivity index (χ0) is 19.2. The number of methoxy groups -OCH3 is 2. The van der Waals surface area contributed by atoms with Gasteiger partial charge in [-0.3, -0.25) is 4.90 Å². The number of hydrogen-bond acceptors (Lipinski definition) is 5. The van der Waals surface area contributed by atoms with Crippen molar-refractivity contribution in [2.45, 2.75) is 31.7 Å². The van der Waals surface area contributed by atoms with E-state index in [0.717, 1.165) is 31.5 Å². The quantitative estimate of drug-likeness (QED) is 0.775. The van der Waals surface area contributed by atoms with Crippen LogP contribution in [0.4, 0.5) is 4.79 Å². The van der Waals surface area contributed by atoms with Crippen molar-refractivity contribution in [2.75, 3.05) is 33.9 Å². The van der Waals surface area contributed by atoms with Crippen LogP contribution in [0.25, 0.3) is 0 Å². The first-order valence-corrected chi connectivity index (χ1v) is 9.37. The number of carbonyl (C=O) groups is 2. The van der Waals surface area contributed by atoms with Crippen LogP contribution in [0.2, 0.25) is 0 Å². The lowest BCUT2D eigenvalue weighted by atomic mass is 9.95. The third kappa shape index (κ3) is 4.60. The second-order valence-corrected chi connectivity index (χ2v) is 6.88. The average Bonchev–Trinajstić information content (AvgIpc) is 2.96. The number of rotatable bonds is 5. The fourth-order valence-electron chi connectivity index (χ4n) is 3.66. The summed E-state index contributed by atoms with van der Waals surface area (Å²) < 4.78 is 10.2. The Morgan fingerprint density at radius 1 is 1.11 bits per heavy atom. The monoisotopic (exact) mass is 373 g/mol. The lowest BCUT2D eigenvalue weighted by Crippen LogP contribution is -2.48. The molecule has 1 aromatic carbocycles. The number of ether oxygens (including phenoxy) is 2. The summed E-state index contributed by atoms with van der Waals surface area (Å²) in [5.41, 5.74) is 1.87. The molecule has 7 heteroatoms. The SMILES string of the molecule is COC(=O)C1=C(CN2CCCCCC2)NC(=O)N[C@H]1c1ccc(OC)cc1. The third-order valence-corrected chi connectivity index (χ3v) is 5.09. The molecule has 0 radical (unpaired) electrons. The summed E-state index contributed by atoms with van der Waals surface area (Å²) in [4.78, 5) is 27.2. The first kappa shape index (κ1) is 19.2. The summed E-state index contributed by atoms with van der Waals surface area (Å²) in [6.45, 7) is 2.47. The van der Waals surface area contributed by atoms with Gasteiger partial charge >= 0.3 is 12.0 Å². The minimum atomic E-state index is -0.556. The van der Waals surface area contributed by atoms with Crippen LogP contribution in [0.15, 0.2) is 35.5 Å². The maximum absolute atomic E-state index is 12.6. The third-order valence-electron chi connectivity index (χ3n) is 5.09. The van der Waals surface area contributed by atoms with Crippen LogP contribution in [0.1, 0.15) is 37.3 Å². The van der Waals surface area contributed by atoms with Crippen molar-refractivity contribution >= 4 is 12.0 Å². The van der Waals surface area contributed by atoms with Crippen molar-refractivity contribution in [3.8, 4) is 5.75 Å². The van der Waals surface area contributed by atoms with E-state index in [9.17, 15) is 9.59 Å². The van der Waals surface area contributed by atoms with Gasteiger partial charge in [0.05, 0.1) is 25.8 Å². The highest BCUT2D eigenvalue weighted by molar-refractivity contribution is 5.95. The van der Waals surface area contributed by atoms with Crippen LogP contribution in [-0.4, -0.2) is 50.8 Å². The molecule has 27 heavy (non-hydrogen) atoms. The second kappa shape index (κ2) is 8.90. The predicted molar refractivity (Wildman–Crippen MR) is 101 cm³/mol. The number of carbonyl (C=O) groups excluding carboxylic acids is 2. The molecule has 3 rings (SSSR count). The zero-order valence-electron chi connectivity index (χ0n) is 15.9. The number of urea groups is 1. The van der Waals surface area contributed by atoms with Crippen LogP contribution in [0, 0.1) is 0 Å². The summed E-state index contributed by atoms with van der Waals surface area (Å²) >= 11 is 0. The van der Waals surface area contributed by atoms with Crippen LogP contribution < -0.4 is 15.4 Å². The zero-order valence-corrected chi connectivity index (χ0v) is 15.9. The maximum atomic E-state index is 12.6. The van der Waals surface area contributed by atoms with E-state index >= 15 is 0 Å². The molecule has 2 aliphatic heterocycles. The Bertz CT molecular complexity index is 706. The molecule has 0 bridgehead atoms. The number of benzene rings is 1. The summed E-state index contributed by atoms with van der Waals surface area (Å²) in [6.07, 6.45) is 4.72. The normalized spacial score (nSPS) is 21.1. The van der Waals surface area contributed by atoms with Crippen molar-refractivity contribution in [3.63, 3.8) is 0 Å². The lowest BCUT2D eigenvalue weighted by molar-refractivity contribution is -0.136. The molecule has 1 saturated heterocycles. The Morgan fingerprint density at radius 2 is 1.78 bits per heavy atom. The molecule has 0 aromatic heterocycles. The Hall–Kier alpha value is -2.54. The van der Waals surface area contributed by atoms with Gasteiger partial charge in [-0.1, -0.05) is 25.0 Å². The van der Waals surface area contributed by atoms with Gasteiger partial charge in [-0.15, -0.1) is 0 Å². The van der Waals surface area contributed by atoms with Gasteiger partial charge < -0.3 is 20.1 Å². The van der Waals surface area contributed by atoms with Crippen LogP contribution in [0.3, 0.4) is 0 Å². The first-order valence-electron chi connectivity index (χ1n) is 9.37. The molecule has 1 aromatic rings. The lowest BCUT2D eigenvalue weighted by Gasteiger charge is -2.31. The molecular weight excluding hydrogens is 346 g/mol. The summed E-state index contributed by atoms with van der Waals surface area (Å²) in [6, 6.07) is 6.45. The van der Waals surface area contributed by atoms with Crippen molar-refractivity contribution < 1.29 is 19.1 Å². The fraction of sp³-hybridized carbons (Fsp3) is 0.500. The van der Waals surface area contributed by atoms with E-state index in [4.69, 9.17) is 9.47 Å². The number of nitrogens with zero attached hydrogens (tertiary/aromatic N) is 1. The smallest absolute Gasteiger partial charge is 0.338 e. The standard InChI is InChI=1S/C20H27N3O4/c1-26-15-9-7-14(8-10-15)18-17(19(24)27-2)16(21-20(25)22-18)13-23-11-5-3-4-6-12-23/h7-10,18H,3-6,11-13H2,1-2H3,(H2,21,22,25)/t18-/m0/s1. The van der Waals surface area contributed by atoms with Gasteiger partial charge in [0.25, 0.3) is 0 Å². The number of likely N-dealkylation sites (tertiary alicyclic amines) is 1. The van der Waals surface area contributed by atoms with Gasteiger partial charge in [-0.25, -0.2) is 9.59 Å². The molecule has 0 spiro atoms. The molecule has 0 saturated carbocycles. The second-order valence-electron chi connectivity index (χ2n) is 6.88. The fourth-order valence-corrected chi connectivity index (χ4v) is 3.66. The highest BCUT2D eigenvalue weighted by atomic mass is 16.5. The number of hydrogen-bond donors (Lipinski definition) is 2. The van der Waals surface area contributed by atoms with E-state index in [1.165, 1.54) is 20.0 Å². The predicted octanol–water partition coefficient (Wildman–Crippen LogP) is 2.35. The molecule has 0 aliphatic carbocycles. The van der Waals surface area contributed by atoms with Crippen molar-refractivity contribution in [1.29, 1.82) is 0 Å². The first-order chi connectivity index (χ1) is 13.1. The maximum Gasteiger partial charge on any atom is 0.338 e. The van der Waals surface area contributed by atoms with Crippen LogP contribution in [-0.2, 0) is 9.53 Å². The molecule has 2 N–H and O–H groups in total. The highest BCUT2D eigenvalue weighted by Gasteiger charge is 2.34. The van der Waals surface area contributed by atoms with Crippen molar-refractivity contribution in [2.24, 2.45) is 0 Å². The largest absolute Gasteiger partial charge is 0.497 e. The average molecular weight is 373 g/mol. The van der Waals surface area contributed by atoms with Gasteiger partial charge in [-0.2, -0.15) is 0 Å². The molecule has 2 amide bonds. The van der Waals surface area contributed by atoms with E-state index in [1.807, 2.05) is 24.3 Å². The van der Waals surface area contributed by atoms with E-state index in [0.29, 0.717) is 23.6 Å². The molecule has 2 aliphatic rings. The van der Waals surface area contributed by atoms with Gasteiger partial charge in [0, 0.05) is 12.2 Å². The van der Waals surface area contributed by atoms with Gasteiger partial charge in [0.1, 0.15) is 5.75 Å². The number of nitrogens with one attached hydrogen (secondary N) is 2. The van der Waals surface area contributed by atoms with Gasteiger partial charge in [-0.05, 0) is 43.6 Å². The molecule has 2 heterocycles. The Balaban J connectivity index is 1.94. The van der Waals surface area contributed by atoms with E-state index in [2.05, 4.69) is 15.5 Å². The molecule has 1 fully saturated rings. The van der Waals surface area contributed by atoms with Crippen LogP contribution >= 0.6 is 0 Å². The molecular formula is C20H27N3O4. The summed E-state index contributed by atoms with van der Waals surface area (Å²) in [5, 5.41) is 5.68. The molecule has 0 unspecified atom stereocenters. The number of amides is 2. The Kier molecular flexibility index (Phi) is 6.34. The highest BCUT2D eigenvalue weighted by Crippen LogP contribution is 2.29. The topological polar surface area (TPSA) is 79.9 Å². The molecule has 1 atom stereocenters. The number of esters is 1. The van der Waals surface area contributed by atoms with Crippen molar-refractivity contribution in [1.82, 2.24) is 15.5 Å². The van der Waals surface area contributed by atoms with Gasteiger partial charge in [0.2, 0.25) is 0 Å². The summed E-state index contributed by atoms with van der Waals surface area (Å²) in [5.74, 6) is 0.278. The molecule has 7 nitrogen and oxygen atoms in total. The molecule has 146 valence electrons.